The molecule has 8 bridgehead atoms. The number of hydrogen-bond acceptors (Lipinski definition) is 16. The summed E-state index contributed by atoms with van der Waals surface area (Å²) in [6.45, 7) is 0. The van der Waals surface area contributed by atoms with Crippen molar-refractivity contribution in [2.45, 2.75) is 150 Å². The van der Waals surface area contributed by atoms with E-state index in [9.17, 15) is 0 Å². The summed E-state index contributed by atoms with van der Waals surface area (Å²) < 4.78 is 50.7. The maximum Gasteiger partial charge on any atom is 0.112 e. The molecule has 24 unspecified atom stereocenters. The molecule has 0 spiro atoms. The lowest BCUT2D eigenvalue weighted by atomic mass is 9.70. The third-order valence-electron chi connectivity index (χ3n) is 16.4. The molecule has 4 aliphatic carbocycles. The van der Waals surface area contributed by atoms with Gasteiger partial charge in [-0.15, -0.1) is 0 Å². The van der Waals surface area contributed by atoms with Crippen LogP contribution in [0.2, 0.25) is 0 Å². The van der Waals surface area contributed by atoms with Crippen LogP contribution in [0.1, 0.15) is 51.4 Å². The fourth-order valence-corrected chi connectivity index (χ4v) is 14.2. The molecule has 9 fully saturated rings. The van der Waals surface area contributed by atoms with Crippen molar-refractivity contribution < 1.29 is 37.9 Å². The minimum absolute atomic E-state index is 0. The Morgan fingerprint density at radius 1 is 0.263 bits per heavy atom. The van der Waals surface area contributed by atoms with Crippen LogP contribution in [0.4, 0.5) is 0 Å². The lowest BCUT2D eigenvalue weighted by molar-refractivity contribution is -0.218. The van der Waals surface area contributed by atoms with Crippen LogP contribution in [0, 0.1) is 47.3 Å². The normalized spacial score (nSPS) is 54.3. The van der Waals surface area contributed by atoms with Gasteiger partial charge in [0.2, 0.25) is 0 Å². The number of rotatable bonds is 8. The van der Waals surface area contributed by atoms with Crippen molar-refractivity contribution in [2.24, 2.45) is 47.3 Å². The van der Waals surface area contributed by atoms with Crippen molar-refractivity contribution >= 4 is 11.0 Å². The van der Waals surface area contributed by atoms with E-state index < -0.39 is 0 Å². The third-order valence-corrected chi connectivity index (χ3v) is 16.4. The van der Waals surface area contributed by atoms with Gasteiger partial charge in [-0.25, -0.2) is 0 Å². The van der Waals surface area contributed by atoms with E-state index in [1.165, 1.54) is 51.4 Å². The van der Waals surface area contributed by atoms with Crippen LogP contribution in [0.25, 0.3) is 0 Å². The highest BCUT2D eigenvalue weighted by atomic mass is 28.1. The number of methoxy groups -OCH3 is 8. The van der Waals surface area contributed by atoms with Gasteiger partial charge in [-0.3, -0.25) is 42.5 Å². The highest BCUT2D eigenvalue weighted by molar-refractivity contribution is 5.75. The Kier molecular flexibility index (Phi) is 13.7. The molecule has 5 heterocycles. The highest BCUT2D eigenvalue weighted by Gasteiger charge is 2.65. The Balaban J connectivity index is 0.00000455. The van der Waals surface area contributed by atoms with Crippen molar-refractivity contribution in [3.8, 4) is 0 Å². The first-order valence-corrected chi connectivity index (χ1v) is 21.7. The minimum atomic E-state index is -0.334. The summed E-state index contributed by atoms with van der Waals surface area (Å²) in [5.74, 6) is 2.06. The lowest BCUT2D eigenvalue weighted by Crippen LogP contribution is -2.66. The fourth-order valence-electron chi connectivity index (χ4n) is 14.2. The van der Waals surface area contributed by atoms with E-state index in [-0.39, 0.29) is 133 Å². The van der Waals surface area contributed by atoms with Crippen LogP contribution in [0.5, 0.6) is 0 Å². The maximum atomic E-state index is 6.45. The van der Waals surface area contributed by atoms with Crippen LogP contribution in [-0.4, -0.2) is 166 Å². The number of ether oxygens (including phenoxy) is 8. The first-order chi connectivity index (χ1) is 27.4. The predicted molar refractivity (Wildman–Crippen MR) is 218 cm³/mol. The maximum absolute atomic E-state index is 6.45. The van der Waals surface area contributed by atoms with E-state index in [2.05, 4.69) is 42.5 Å². The van der Waals surface area contributed by atoms with E-state index in [0.717, 1.165) is 0 Å². The summed E-state index contributed by atoms with van der Waals surface area (Å²) in [5, 5.41) is 33.3. The summed E-state index contributed by atoms with van der Waals surface area (Å²) in [6.07, 6.45) is 7.73. The molecular formula is C40H76N8O8Si. The SMILES string of the molecule is COC1C(OC)C(OC)C2C3NC(NC4NC(NC5NC(NC6NC(N3)C3C(OC)C(OC)C(OC)C(OC)C63)C3CCCCC53)C3CCCCC43)C2C1OC.[SiH4]. The van der Waals surface area contributed by atoms with Gasteiger partial charge >= 0.3 is 0 Å². The quantitative estimate of drug-likeness (QED) is 0.128. The monoisotopic (exact) mass is 825 g/mol. The molecule has 16 nitrogen and oxygen atoms in total. The Hall–Kier alpha value is -0.423. The van der Waals surface area contributed by atoms with Crippen LogP contribution in [0.3, 0.4) is 0 Å². The van der Waals surface area contributed by atoms with Crippen molar-refractivity contribution in [2.75, 3.05) is 56.9 Å². The summed E-state index contributed by atoms with van der Waals surface area (Å²) in [7, 11) is 14.2. The number of fused-ring (bicyclic) bond motifs is 20. The van der Waals surface area contributed by atoms with E-state index >= 15 is 0 Å². The molecule has 0 aromatic rings. The topological polar surface area (TPSA) is 170 Å². The van der Waals surface area contributed by atoms with E-state index in [4.69, 9.17) is 37.9 Å². The molecule has 0 aromatic carbocycles. The molecule has 57 heavy (non-hydrogen) atoms. The zero-order chi connectivity index (χ0) is 38.8. The van der Waals surface area contributed by atoms with E-state index in [1.807, 2.05) is 0 Å². The first-order valence-electron chi connectivity index (χ1n) is 21.7. The predicted octanol–water partition coefficient (Wildman–Crippen LogP) is -1.85. The third kappa shape index (κ3) is 7.13. The van der Waals surface area contributed by atoms with Gasteiger partial charge in [-0.2, -0.15) is 0 Å². The summed E-state index contributed by atoms with van der Waals surface area (Å²) >= 11 is 0. The molecule has 0 radical (unpaired) electrons. The average Bonchev–Trinajstić information content (AvgIpc) is 3.97. The zero-order valence-electron chi connectivity index (χ0n) is 34.8. The van der Waals surface area contributed by atoms with Crippen LogP contribution < -0.4 is 42.5 Å². The molecule has 8 N–H and O–H groups in total. The van der Waals surface area contributed by atoms with Crippen LogP contribution in [0.15, 0.2) is 0 Å². The highest BCUT2D eigenvalue weighted by Crippen LogP contribution is 2.48. The second kappa shape index (κ2) is 18.1. The summed E-state index contributed by atoms with van der Waals surface area (Å²) in [5.41, 5.74) is 0. The number of hydrogen-bond donors (Lipinski definition) is 8. The largest absolute Gasteiger partial charge is 0.378 e. The lowest BCUT2D eigenvalue weighted by Gasteiger charge is -2.50. The second-order valence-corrected chi connectivity index (χ2v) is 18.3. The van der Waals surface area contributed by atoms with Crippen molar-refractivity contribution in [1.82, 2.24) is 42.5 Å². The van der Waals surface area contributed by atoms with Gasteiger partial charge in [0, 0.05) is 80.6 Å². The molecular weight excluding hydrogens is 749 g/mol. The van der Waals surface area contributed by atoms with Crippen LogP contribution in [-0.2, 0) is 37.9 Å². The van der Waals surface area contributed by atoms with Crippen molar-refractivity contribution in [3.63, 3.8) is 0 Å². The molecule has 4 saturated carbocycles. The molecule has 9 rings (SSSR count). The second-order valence-electron chi connectivity index (χ2n) is 18.3. The molecule has 5 saturated heterocycles. The van der Waals surface area contributed by atoms with E-state index in [0.29, 0.717) is 23.7 Å². The van der Waals surface area contributed by atoms with Crippen LogP contribution >= 0.6 is 0 Å². The number of nitrogens with one attached hydrogen (secondary N) is 8. The molecule has 17 heteroatoms. The molecule has 328 valence electrons. The standard InChI is InChI=1S/C40H72N8O8.H4Si/c1-49-25-21-23(27(51-3)31(55-7)29(25)53-5)39-46-37(21)44-35-19-15-11-9-13-17(19)33(42-35)41-34-18-14-10-12-16-20(18)36(43-34)45-38-22-24(40(47-38)48-39)28(52-4)32(56-8)30(54-6)26(22)50-2;/h17-48H,9-16H2,1-8H3;1H4. The smallest absolute Gasteiger partial charge is 0.112 e. The molecule has 5 aliphatic heterocycles. The van der Waals surface area contributed by atoms with Gasteiger partial charge in [-0.05, 0) is 60.3 Å². The van der Waals surface area contributed by atoms with Gasteiger partial charge in [0.25, 0.3) is 0 Å². The molecule has 24 atom stereocenters. The zero-order valence-corrected chi connectivity index (χ0v) is 34.8. The molecule has 9 aliphatic rings. The Morgan fingerprint density at radius 3 is 0.632 bits per heavy atom. The Morgan fingerprint density at radius 2 is 0.439 bits per heavy atom. The van der Waals surface area contributed by atoms with Gasteiger partial charge in [0.15, 0.2) is 0 Å². The first kappa shape index (κ1) is 43.2. The van der Waals surface area contributed by atoms with Gasteiger partial charge < -0.3 is 37.9 Å². The summed E-state index contributed by atoms with van der Waals surface area (Å²) in [6, 6.07) is 0. The Labute approximate surface area is 344 Å². The van der Waals surface area contributed by atoms with Crippen molar-refractivity contribution in [1.29, 1.82) is 0 Å². The van der Waals surface area contributed by atoms with Gasteiger partial charge in [0.1, 0.15) is 24.4 Å². The minimum Gasteiger partial charge on any atom is -0.378 e. The average molecular weight is 825 g/mol. The molecule has 0 aromatic heterocycles. The van der Waals surface area contributed by atoms with Gasteiger partial charge in [-0.1, -0.05) is 25.7 Å². The Bertz CT molecular complexity index is 1240. The van der Waals surface area contributed by atoms with Gasteiger partial charge in [0.05, 0.1) is 73.7 Å². The van der Waals surface area contributed by atoms with E-state index in [1.54, 1.807) is 56.9 Å². The van der Waals surface area contributed by atoms with Crippen molar-refractivity contribution in [3.05, 3.63) is 0 Å². The summed E-state index contributed by atoms with van der Waals surface area (Å²) in [4.78, 5) is 0. The fraction of sp³-hybridized carbons (Fsp3) is 1.00. The molecule has 0 amide bonds.